The van der Waals surface area contributed by atoms with Crippen LogP contribution in [0.3, 0.4) is 0 Å². The number of amides is 1. The molecule has 0 aromatic carbocycles. The lowest BCUT2D eigenvalue weighted by atomic mass is 9.77. The Morgan fingerprint density at radius 2 is 1.83 bits per heavy atom. The van der Waals surface area contributed by atoms with E-state index in [1.54, 1.807) is 0 Å². The van der Waals surface area contributed by atoms with Gasteiger partial charge >= 0.3 is 6.43 Å². The molecule has 0 spiro atoms. The molecule has 1 rings (SSSR count). The number of hydrogen-bond acceptors (Lipinski definition) is 2. The van der Waals surface area contributed by atoms with Crippen LogP contribution in [0, 0.1) is 0 Å². The van der Waals surface area contributed by atoms with Crippen molar-refractivity contribution in [1.82, 2.24) is 4.90 Å². The molecule has 1 aliphatic carbocycles. The minimum absolute atomic E-state index is 0.0749. The molecule has 6 heteroatoms. The SMILES string of the molecule is CN(C(=O)C(F)F)C1(CC(=O)CCl)CCCCC1. The highest BCUT2D eigenvalue weighted by molar-refractivity contribution is 6.27. The van der Waals surface area contributed by atoms with Crippen LogP contribution in [-0.2, 0) is 9.59 Å². The molecule has 1 amide bonds. The van der Waals surface area contributed by atoms with Gasteiger partial charge in [-0.25, -0.2) is 0 Å². The van der Waals surface area contributed by atoms with Gasteiger partial charge in [0.15, 0.2) is 0 Å². The maximum Gasteiger partial charge on any atom is 0.315 e. The van der Waals surface area contributed by atoms with Crippen LogP contribution in [0.5, 0.6) is 0 Å². The number of ketones is 1. The van der Waals surface area contributed by atoms with E-state index in [0.717, 1.165) is 24.2 Å². The highest BCUT2D eigenvalue weighted by Gasteiger charge is 2.41. The minimum Gasteiger partial charge on any atom is -0.335 e. The molecular weight excluding hydrogens is 264 g/mol. The Kier molecular flexibility index (Phi) is 5.50. The van der Waals surface area contributed by atoms with Crippen molar-refractivity contribution in [2.45, 2.75) is 50.5 Å². The van der Waals surface area contributed by atoms with Crippen LogP contribution in [0.25, 0.3) is 0 Å². The van der Waals surface area contributed by atoms with Crippen molar-refractivity contribution in [1.29, 1.82) is 0 Å². The van der Waals surface area contributed by atoms with Gasteiger partial charge in [-0.3, -0.25) is 9.59 Å². The van der Waals surface area contributed by atoms with Crippen LogP contribution in [0.1, 0.15) is 38.5 Å². The number of carbonyl (C=O) groups is 2. The smallest absolute Gasteiger partial charge is 0.315 e. The summed E-state index contributed by atoms with van der Waals surface area (Å²) in [6.45, 7) is 0. The molecule has 0 N–H and O–H groups in total. The van der Waals surface area contributed by atoms with Crippen LogP contribution >= 0.6 is 11.6 Å². The van der Waals surface area contributed by atoms with Gasteiger partial charge in [0, 0.05) is 19.0 Å². The molecule has 1 fully saturated rings. The molecule has 0 unspecified atom stereocenters. The summed E-state index contributed by atoms with van der Waals surface area (Å²) in [5.41, 5.74) is -0.766. The van der Waals surface area contributed by atoms with Crippen LogP contribution in [-0.4, -0.2) is 41.5 Å². The van der Waals surface area contributed by atoms with E-state index in [1.165, 1.54) is 7.05 Å². The number of alkyl halides is 3. The average molecular weight is 282 g/mol. The van der Waals surface area contributed by atoms with E-state index in [1.807, 2.05) is 0 Å². The molecule has 0 aromatic rings. The topological polar surface area (TPSA) is 37.4 Å². The van der Waals surface area contributed by atoms with Gasteiger partial charge in [-0.15, -0.1) is 11.6 Å². The fraction of sp³-hybridized carbons (Fsp3) is 0.833. The van der Waals surface area contributed by atoms with Gasteiger partial charge < -0.3 is 4.90 Å². The fourth-order valence-electron chi connectivity index (χ4n) is 2.64. The van der Waals surface area contributed by atoms with Crippen LogP contribution < -0.4 is 0 Å². The lowest BCUT2D eigenvalue weighted by Gasteiger charge is -2.44. The Labute approximate surface area is 110 Å². The molecular formula is C12H18ClF2NO2. The monoisotopic (exact) mass is 281 g/mol. The zero-order valence-corrected chi connectivity index (χ0v) is 11.2. The van der Waals surface area contributed by atoms with Gasteiger partial charge in [-0.2, -0.15) is 8.78 Å². The first-order chi connectivity index (χ1) is 8.43. The number of halogens is 3. The van der Waals surface area contributed by atoms with Gasteiger partial charge in [0.1, 0.15) is 5.78 Å². The third-order valence-electron chi connectivity index (χ3n) is 3.69. The molecule has 0 aromatic heterocycles. The predicted molar refractivity (Wildman–Crippen MR) is 64.9 cm³/mol. The largest absolute Gasteiger partial charge is 0.335 e. The molecule has 0 atom stereocenters. The van der Waals surface area contributed by atoms with Crippen molar-refractivity contribution >= 4 is 23.3 Å². The van der Waals surface area contributed by atoms with E-state index >= 15 is 0 Å². The second-order valence-corrected chi connectivity index (χ2v) is 5.10. The summed E-state index contributed by atoms with van der Waals surface area (Å²) >= 11 is 5.48. The predicted octanol–water partition coefficient (Wildman–Crippen LogP) is 2.61. The number of rotatable bonds is 5. The Balaban J connectivity index is 2.89. The maximum absolute atomic E-state index is 12.5. The third kappa shape index (κ3) is 3.40. The summed E-state index contributed by atoms with van der Waals surface area (Å²) in [5.74, 6) is -1.55. The summed E-state index contributed by atoms with van der Waals surface area (Å²) in [6, 6.07) is 0. The zero-order chi connectivity index (χ0) is 13.8. The normalized spacial score (nSPS) is 18.7. The molecule has 1 aliphatic rings. The highest BCUT2D eigenvalue weighted by Crippen LogP contribution is 2.36. The average Bonchev–Trinajstić information content (AvgIpc) is 2.37. The van der Waals surface area contributed by atoms with E-state index < -0.39 is 17.9 Å². The lowest BCUT2D eigenvalue weighted by molar-refractivity contribution is -0.150. The molecule has 1 saturated carbocycles. The molecule has 0 heterocycles. The number of hydrogen-bond donors (Lipinski definition) is 0. The van der Waals surface area contributed by atoms with E-state index in [4.69, 9.17) is 11.6 Å². The Morgan fingerprint density at radius 1 is 1.28 bits per heavy atom. The third-order valence-corrected chi connectivity index (χ3v) is 3.99. The minimum atomic E-state index is -3.03. The fourth-order valence-corrected chi connectivity index (χ4v) is 2.73. The summed E-state index contributed by atoms with van der Waals surface area (Å²) in [4.78, 5) is 24.0. The van der Waals surface area contributed by atoms with Crippen molar-refractivity contribution in [2.24, 2.45) is 0 Å². The van der Waals surface area contributed by atoms with E-state index in [0.29, 0.717) is 12.8 Å². The molecule has 18 heavy (non-hydrogen) atoms. The first kappa shape index (κ1) is 15.3. The summed E-state index contributed by atoms with van der Waals surface area (Å²) in [7, 11) is 1.36. The Morgan fingerprint density at radius 3 is 2.28 bits per heavy atom. The molecule has 0 saturated heterocycles. The van der Waals surface area contributed by atoms with Gasteiger partial charge in [0.05, 0.1) is 5.88 Å². The number of carbonyl (C=O) groups excluding carboxylic acids is 2. The number of Topliss-reactive ketones (excluding diaryl/α,β-unsaturated/α-hetero) is 1. The van der Waals surface area contributed by atoms with E-state index in [9.17, 15) is 18.4 Å². The summed E-state index contributed by atoms with van der Waals surface area (Å²) < 4.78 is 25.0. The molecule has 0 radical (unpaired) electrons. The van der Waals surface area contributed by atoms with E-state index in [-0.39, 0.29) is 18.1 Å². The quantitative estimate of drug-likeness (QED) is 0.727. The van der Waals surface area contributed by atoms with Crippen LogP contribution in [0.4, 0.5) is 8.78 Å². The van der Waals surface area contributed by atoms with Crippen molar-refractivity contribution in [3.05, 3.63) is 0 Å². The van der Waals surface area contributed by atoms with Crippen molar-refractivity contribution in [3.63, 3.8) is 0 Å². The molecule has 0 bridgehead atoms. The van der Waals surface area contributed by atoms with Crippen LogP contribution in [0.15, 0.2) is 0 Å². The second kappa shape index (κ2) is 6.45. The van der Waals surface area contributed by atoms with Crippen molar-refractivity contribution < 1.29 is 18.4 Å². The van der Waals surface area contributed by atoms with Crippen molar-refractivity contribution in [2.75, 3.05) is 12.9 Å². The Hall–Kier alpha value is -0.710. The molecule has 0 aliphatic heterocycles. The van der Waals surface area contributed by atoms with E-state index in [2.05, 4.69) is 0 Å². The second-order valence-electron chi connectivity index (χ2n) is 4.83. The maximum atomic E-state index is 12.5. The standard InChI is InChI=1S/C12H18ClF2NO2/c1-16(11(18)10(14)15)12(7-9(17)8-13)5-3-2-4-6-12/h10H,2-8H2,1H3. The number of nitrogens with zero attached hydrogens (tertiary/aromatic N) is 1. The summed E-state index contributed by atoms with van der Waals surface area (Å²) in [6.07, 6.45) is 0.918. The van der Waals surface area contributed by atoms with Gasteiger partial charge in [0.2, 0.25) is 0 Å². The van der Waals surface area contributed by atoms with Gasteiger partial charge in [0.25, 0.3) is 5.91 Å². The lowest BCUT2D eigenvalue weighted by Crippen LogP contribution is -2.53. The van der Waals surface area contributed by atoms with Crippen molar-refractivity contribution in [3.8, 4) is 0 Å². The first-order valence-corrected chi connectivity index (χ1v) is 6.60. The highest BCUT2D eigenvalue weighted by atomic mass is 35.5. The molecule has 104 valence electrons. The first-order valence-electron chi connectivity index (χ1n) is 6.06. The van der Waals surface area contributed by atoms with Gasteiger partial charge in [-0.05, 0) is 12.8 Å². The molecule has 3 nitrogen and oxygen atoms in total. The van der Waals surface area contributed by atoms with Gasteiger partial charge in [-0.1, -0.05) is 19.3 Å². The Bertz CT molecular complexity index is 317. The zero-order valence-electron chi connectivity index (χ0n) is 10.4. The summed E-state index contributed by atoms with van der Waals surface area (Å²) in [5, 5.41) is 0. The van der Waals surface area contributed by atoms with Crippen LogP contribution in [0.2, 0.25) is 0 Å².